The van der Waals surface area contributed by atoms with Crippen LogP contribution < -0.4 is 9.47 Å². The van der Waals surface area contributed by atoms with E-state index in [0.29, 0.717) is 0 Å². The van der Waals surface area contributed by atoms with Crippen LogP contribution >= 0.6 is 0 Å². The Morgan fingerprint density at radius 1 is 0.395 bits per heavy atom. The molecule has 0 radical (unpaired) electrons. The molecule has 38 heavy (non-hydrogen) atoms. The van der Waals surface area contributed by atoms with Crippen molar-refractivity contribution >= 4 is 12.2 Å². The maximum Gasteiger partial charge on any atom is 0.119 e. The number of benzene rings is 2. The van der Waals surface area contributed by atoms with Crippen molar-refractivity contribution in [2.24, 2.45) is 0 Å². The topological polar surface area (TPSA) is 18.5 Å². The normalized spacial score (nSPS) is 11.3. The van der Waals surface area contributed by atoms with E-state index in [1.54, 1.807) is 0 Å². The fourth-order valence-electron chi connectivity index (χ4n) is 4.75. The van der Waals surface area contributed by atoms with Gasteiger partial charge in [0.15, 0.2) is 0 Å². The third kappa shape index (κ3) is 16.6. The average Bonchev–Trinajstić information content (AvgIpc) is 2.95. The van der Waals surface area contributed by atoms with Crippen LogP contribution in [0.4, 0.5) is 0 Å². The second kappa shape index (κ2) is 22.7. The molecule has 0 N–H and O–H groups in total. The van der Waals surface area contributed by atoms with Crippen LogP contribution in [0.1, 0.15) is 141 Å². The highest BCUT2D eigenvalue weighted by atomic mass is 16.5. The lowest BCUT2D eigenvalue weighted by Gasteiger charge is -2.07. The molecule has 0 atom stereocenters. The Balaban J connectivity index is 1.53. The zero-order valence-corrected chi connectivity index (χ0v) is 24.7. The molecule has 0 heterocycles. The van der Waals surface area contributed by atoms with Gasteiger partial charge in [0.2, 0.25) is 0 Å². The highest BCUT2D eigenvalue weighted by Gasteiger charge is 1.98. The summed E-state index contributed by atoms with van der Waals surface area (Å²) < 4.78 is 11.9. The molecular formula is C36H56O2. The summed E-state index contributed by atoms with van der Waals surface area (Å²) in [6.45, 7) is 6.19. The fraction of sp³-hybridized carbons (Fsp3) is 0.611. The molecule has 2 rings (SSSR count). The second-order valence-corrected chi connectivity index (χ2v) is 10.8. The third-order valence-corrected chi connectivity index (χ3v) is 7.26. The SMILES string of the molecule is CCCCCCCCCCCOc1ccc(/C=C/c2ccc(OCCCCCCCCCCC)cc2)cc1. The van der Waals surface area contributed by atoms with Crippen molar-refractivity contribution in [3.05, 3.63) is 59.7 Å². The zero-order chi connectivity index (χ0) is 26.9. The van der Waals surface area contributed by atoms with Gasteiger partial charge in [-0.25, -0.2) is 0 Å². The molecule has 2 heteroatoms. The standard InChI is InChI=1S/C36H56O2/c1-3-5-7-9-11-13-15-17-19-31-37-35-27-23-33(24-28-35)21-22-34-25-29-36(30-26-34)38-32-20-18-16-14-12-10-8-6-4-2/h21-30H,3-20,31-32H2,1-2H3/b22-21+. The Kier molecular flexibility index (Phi) is 19.1. The average molecular weight is 521 g/mol. The predicted molar refractivity (Wildman–Crippen MR) is 167 cm³/mol. The monoisotopic (exact) mass is 520 g/mol. The Labute approximate surface area is 235 Å². The van der Waals surface area contributed by atoms with Gasteiger partial charge in [0.1, 0.15) is 11.5 Å². The van der Waals surface area contributed by atoms with E-state index in [2.05, 4.69) is 74.5 Å². The molecule has 0 bridgehead atoms. The third-order valence-electron chi connectivity index (χ3n) is 7.26. The van der Waals surface area contributed by atoms with E-state index in [4.69, 9.17) is 9.47 Å². The van der Waals surface area contributed by atoms with Crippen molar-refractivity contribution in [1.82, 2.24) is 0 Å². The Morgan fingerprint density at radius 2 is 0.684 bits per heavy atom. The first kappa shape index (κ1) is 32.0. The molecule has 0 saturated carbocycles. The number of rotatable bonds is 24. The van der Waals surface area contributed by atoms with Crippen molar-refractivity contribution in [3.63, 3.8) is 0 Å². The quantitative estimate of drug-likeness (QED) is 0.101. The van der Waals surface area contributed by atoms with Crippen LogP contribution in [0.25, 0.3) is 12.2 Å². The van der Waals surface area contributed by atoms with Gasteiger partial charge in [-0.05, 0) is 48.2 Å². The van der Waals surface area contributed by atoms with Crippen molar-refractivity contribution in [2.45, 2.75) is 129 Å². The van der Waals surface area contributed by atoms with Crippen molar-refractivity contribution < 1.29 is 9.47 Å². The van der Waals surface area contributed by atoms with Gasteiger partial charge in [0.05, 0.1) is 13.2 Å². The van der Waals surface area contributed by atoms with E-state index in [1.165, 1.54) is 114 Å². The smallest absolute Gasteiger partial charge is 0.119 e. The predicted octanol–water partition coefficient (Wildman–Crippen LogP) is 11.7. The molecule has 0 unspecified atom stereocenters. The number of unbranched alkanes of at least 4 members (excludes halogenated alkanes) is 16. The summed E-state index contributed by atoms with van der Waals surface area (Å²) in [6.07, 6.45) is 28.5. The molecule has 0 amide bonds. The summed E-state index contributed by atoms with van der Waals surface area (Å²) in [5.41, 5.74) is 2.37. The largest absolute Gasteiger partial charge is 0.494 e. The number of hydrogen-bond donors (Lipinski definition) is 0. The minimum absolute atomic E-state index is 0.818. The summed E-state index contributed by atoms with van der Waals surface area (Å²) in [7, 11) is 0. The van der Waals surface area contributed by atoms with Crippen LogP contribution in [0.2, 0.25) is 0 Å². The summed E-state index contributed by atoms with van der Waals surface area (Å²) in [5.74, 6) is 1.94. The molecule has 212 valence electrons. The van der Waals surface area contributed by atoms with Gasteiger partial charge >= 0.3 is 0 Å². The molecule has 2 aromatic carbocycles. The van der Waals surface area contributed by atoms with E-state index >= 15 is 0 Å². The lowest BCUT2D eigenvalue weighted by atomic mass is 10.1. The second-order valence-electron chi connectivity index (χ2n) is 10.8. The van der Waals surface area contributed by atoms with Crippen molar-refractivity contribution in [1.29, 1.82) is 0 Å². The summed E-state index contributed by atoms with van der Waals surface area (Å²) in [6, 6.07) is 16.8. The molecule has 0 spiro atoms. The first-order chi connectivity index (χ1) is 18.8. The molecule has 0 fully saturated rings. The van der Waals surface area contributed by atoms with Crippen LogP contribution in [-0.4, -0.2) is 13.2 Å². The fourth-order valence-corrected chi connectivity index (χ4v) is 4.75. The van der Waals surface area contributed by atoms with E-state index in [-0.39, 0.29) is 0 Å². The molecule has 2 aromatic rings. The maximum atomic E-state index is 5.94. The van der Waals surface area contributed by atoms with Crippen molar-refractivity contribution in [2.75, 3.05) is 13.2 Å². The van der Waals surface area contributed by atoms with E-state index in [9.17, 15) is 0 Å². The molecule has 0 aliphatic rings. The van der Waals surface area contributed by atoms with E-state index < -0.39 is 0 Å². The lowest BCUT2D eigenvalue weighted by molar-refractivity contribution is 0.304. The van der Waals surface area contributed by atoms with E-state index in [0.717, 1.165) is 37.6 Å². The minimum atomic E-state index is 0.818. The van der Waals surface area contributed by atoms with Crippen LogP contribution in [0.3, 0.4) is 0 Å². The Morgan fingerprint density at radius 3 is 1.00 bits per heavy atom. The van der Waals surface area contributed by atoms with Gasteiger partial charge in [-0.1, -0.05) is 153 Å². The number of hydrogen-bond acceptors (Lipinski definition) is 2. The highest BCUT2D eigenvalue weighted by Crippen LogP contribution is 2.18. The molecule has 0 saturated heterocycles. The molecule has 0 aliphatic heterocycles. The Bertz CT molecular complexity index is 737. The van der Waals surface area contributed by atoms with Crippen molar-refractivity contribution in [3.8, 4) is 11.5 Å². The summed E-state index contributed by atoms with van der Waals surface area (Å²) in [5, 5.41) is 0. The van der Waals surface area contributed by atoms with Crippen LogP contribution in [0, 0.1) is 0 Å². The maximum absolute atomic E-state index is 5.94. The molecule has 2 nitrogen and oxygen atoms in total. The van der Waals surface area contributed by atoms with E-state index in [1.807, 2.05) is 0 Å². The zero-order valence-electron chi connectivity index (χ0n) is 24.7. The first-order valence-corrected chi connectivity index (χ1v) is 16.0. The van der Waals surface area contributed by atoms with Gasteiger partial charge in [-0.15, -0.1) is 0 Å². The molecule has 0 aromatic heterocycles. The number of ether oxygens (including phenoxy) is 2. The molecule has 0 aliphatic carbocycles. The minimum Gasteiger partial charge on any atom is -0.494 e. The summed E-state index contributed by atoms with van der Waals surface area (Å²) in [4.78, 5) is 0. The van der Waals surface area contributed by atoms with Crippen LogP contribution in [-0.2, 0) is 0 Å². The highest BCUT2D eigenvalue weighted by molar-refractivity contribution is 5.70. The summed E-state index contributed by atoms with van der Waals surface area (Å²) >= 11 is 0. The Hall–Kier alpha value is -2.22. The molecular weight excluding hydrogens is 464 g/mol. The first-order valence-electron chi connectivity index (χ1n) is 16.0. The van der Waals surface area contributed by atoms with Gasteiger partial charge < -0.3 is 9.47 Å². The van der Waals surface area contributed by atoms with Gasteiger partial charge in [0.25, 0.3) is 0 Å². The van der Waals surface area contributed by atoms with Gasteiger partial charge in [-0.2, -0.15) is 0 Å². The van der Waals surface area contributed by atoms with Crippen LogP contribution in [0.15, 0.2) is 48.5 Å². The lowest BCUT2D eigenvalue weighted by Crippen LogP contribution is -1.97. The van der Waals surface area contributed by atoms with Gasteiger partial charge in [-0.3, -0.25) is 0 Å². The van der Waals surface area contributed by atoms with Crippen LogP contribution in [0.5, 0.6) is 11.5 Å². The van der Waals surface area contributed by atoms with Gasteiger partial charge in [0, 0.05) is 0 Å².